The summed E-state index contributed by atoms with van der Waals surface area (Å²) in [6, 6.07) is 12.6. The fraction of sp³-hybridized carbons (Fsp3) is 0.250. The van der Waals surface area contributed by atoms with E-state index in [4.69, 9.17) is 0 Å². The van der Waals surface area contributed by atoms with Crippen LogP contribution in [0.15, 0.2) is 53.0 Å². The summed E-state index contributed by atoms with van der Waals surface area (Å²) in [7, 11) is 1.50. The zero-order chi connectivity index (χ0) is 20.5. The van der Waals surface area contributed by atoms with Crippen molar-refractivity contribution in [3.63, 3.8) is 0 Å². The van der Waals surface area contributed by atoms with Gasteiger partial charge in [-0.15, -0.1) is 0 Å². The summed E-state index contributed by atoms with van der Waals surface area (Å²) in [5.74, 6) is -1.40. The van der Waals surface area contributed by atoms with E-state index in [1.54, 1.807) is 49.4 Å². The number of imide groups is 1. The lowest BCUT2D eigenvalue weighted by molar-refractivity contribution is -0.138. The molecule has 1 aliphatic rings. The number of urea groups is 1. The molecule has 0 spiro atoms. The van der Waals surface area contributed by atoms with Crippen LogP contribution in [0.4, 0.5) is 9.18 Å². The van der Waals surface area contributed by atoms with Crippen LogP contribution < -0.4 is 5.32 Å². The van der Waals surface area contributed by atoms with Crippen molar-refractivity contribution < 1.29 is 18.8 Å². The largest absolute Gasteiger partial charge is 0.340 e. The maximum Gasteiger partial charge on any atom is 0.325 e. The number of hydrogen-bond donors (Lipinski definition) is 1. The molecule has 2 aromatic rings. The van der Waals surface area contributed by atoms with Gasteiger partial charge in [-0.3, -0.25) is 14.5 Å². The Balaban J connectivity index is 1.75. The highest BCUT2D eigenvalue weighted by Gasteiger charge is 2.50. The van der Waals surface area contributed by atoms with Crippen LogP contribution in [0.1, 0.15) is 18.1 Å². The second-order valence-corrected chi connectivity index (χ2v) is 7.62. The summed E-state index contributed by atoms with van der Waals surface area (Å²) < 4.78 is 14.5. The average Bonchev–Trinajstić information content (AvgIpc) is 2.87. The average molecular weight is 448 g/mol. The number of carbonyl (C=O) groups excluding carboxylic acids is 3. The van der Waals surface area contributed by atoms with E-state index >= 15 is 0 Å². The minimum atomic E-state index is -1.28. The Morgan fingerprint density at radius 3 is 2.50 bits per heavy atom. The van der Waals surface area contributed by atoms with Crippen molar-refractivity contribution in [3.8, 4) is 0 Å². The van der Waals surface area contributed by atoms with Gasteiger partial charge in [-0.05, 0) is 19.1 Å². The molecular formula is C20H19BrFN3O3. The van der Waals surface area contributed by atoms with Gasteiger partial charge in [0.05, 0.1) is 0 Å². The van der Waals surface area contributed by atoms with Gasteiger partial charge in [-0.25, -0.2) is 9.18 Å². The summed E-state index contributed by atoms with van der Waals surface area (Å²) in [5, 5.41) is 2.67. The van der Waals surface area contributed by atoms with Gasteiger partial charge < -0.3 is 10.2 Å². The first-order chi connectivity index (χ1) is 13.2. The minimum Gasteiger partial charge on any atom is -0.340 e. The predicted octanol–water partition coefficient (Wildman–Crippen LogP) is 3.01. The summed E-state index contributed by atoms with van der Waals surface area (Å²) >= 11 is 3.39. The summed E-state index contributed by atoms with van der Waals surface area (Å²) in [6.45, 7) is 1.22. The van der Waals surface area contributed by atoms with E-state index in [9.17, 15) is 18.8 Å². The molecule has 0 radical (unpaired) electrons. The van der Waals surface area contributed by atoms with Crippen LogP contribution in [0.3, 0.4) is 0 Å². The van der Waals surface area contributed by atoms with Gasteiger partial charge in [0.2, 0.25) is 5.91 Å². The molecule has 3 rings (SSSR count). The van der Waals surface area contributed by atoms with Crippen molar-refractivity contribution in [2.45, 2.75) is 19.0 Å². The highest BCUT2D eigenvalue weighted by Crippen LogP contribution is 2.33. The molecule has 146 valence electrons. The molecular weight excluding hydrogens is 429 g/mol. The molecule has 1 heterocycles. The smallest absolute Gasteiger partial charge is 0.325 e. The van der Waals surface area contributed by atoms with Crippen LogP contribution in [-0.2, 0) is 21.7 Å². The Morgan fingerprint density at radius 1 is 1.18 bits per heavy atom. The molecule has 1 N–H and O–H groups in total. The van der Waals surface area contributed by atoms with Crippen molar-refractivity contribution in [1.29, 1.82) is 0 Å². The van der Waals surface area contributed by atoms with Crippen molar-refractivity contribution in [1.82, 2.24) is 15.1 Å². The molecule has 1 fully saturated rings. The van der Waals surface area contributed by atoms with Crippen LogP contribution >= 0.6 is 15.9 Å². The van der Waals surface area contributed by atoms with E-state index in [1.165, 1.54) is 18.0 Å². The van der Waals surface area contributed by atoms with Crippen molar-refractivity contribution >= 4 is 33.8 Å². The molecule has 28 heavy (non-hydrogen) atoms. The summed E-state index contributed by atoms with van der Waals surface area (Å²) in [5.41, 5.74) is -0.321. The molecule has 0 aliphatic carbocycles. The number of nitrogens with one attached hydrogen (secondary N) is 1. The molecule has 0 bridgehead atoms. The number of rotatable bonds is 5. The lowest BCUT2D eigenvalue weighted by Gasteiger charge is -2.24. The van der Waals surface area contributed by atoms with Gasteiger partial charge in [0, 0.05) is 29.2 Å². The fourth-order valence-corrected chi connectivity index (χ4v) is 3.80. The Kier molecular flexibility index (Phi) is 5.51. The maximum absolute atomic E-state index is 13.8. The van der Waals surface area contributed by atoms with Crippen LogP contribution in [0.25, 0.3) is 0 Å². The molecule has 0 saturated carbocycles. The highest BCUT2D eigenvalue weighted by atomic mass is 79.9. The summed E-state index contributed by atoms with van der Waals surface area (Å²) in [6.07, 6.45) is 0. The van der Waals surface area contributed by atoms with E-state index in [1.807, 2.05) is 0 Å². The number of hydrogen-bond acceptors (Lipinski definition) is 3. The third kappa shape index (κ3) is 3.64. The van der Waals surface area contributed by atoms with Gasteiger partial charge >= 0.3 is 6.03 Å². The second-order valence-electron chi connectivity index (χ2n) is 6.77. The first kappa shape index (κ1) is 20.0. The third-order valence-corrected chi connectivity index (χ3v) is 5.46. The van der Waals surface area contributed by atoms with E-state index < -0.39 is 35.7 Å². The van der Waals surface area contributed by atoms with Gasteiger partial charge in [0.15, 0.2) is 0 Å². The fourth-order valence-electron chi connectivity index (χ4n) is 3.12. The van der Waals surface area contributed by atoms with E-state index in [0.29, 0.717) is 15.6 Å². The van der Waals surface area contributed by atoms with Crippen molar-refractivity contribution in [2.75, 3.05) is 13.6 Å². The number of halogens is 2. The monoisotopic (exact) mass is 447 g/mol. The maximum atomic E-state index is 13.8. The minimum absolute atomic E-state index is 0.0384. The van der Waals surface area contributed by atoms with Crippen LogP contribution in [-0.4, -0.2) is 41.2 Å². The molecule has 4 amide bonds. The summed E-state index contributed by atoms with van der Waals surface area (Å²) in [4.78, 5) is 40.1. The molecule has 1 saturated heterocycles. The van der Waals surface area contributed by atoms with Crippen molar-refractivity contribution in [3.05, 3.63) is 69.9 Å². The zero-order valence-electron chi connectivity index (χ0n) is 15.4. The SMILES string of the molecule is CN(Cc1ccccc1F)C(=O)CN1C(=O)NC(C)(c2ccccc2Br)C1=O. The predicted molar refractivity (Wildman–Crippen MR) is 105 cm³/mol. The number of nitrogens with zero attached hydrogens (tertiary/aromatic N) is 2. The first-order valence-electron chi connectivity index (χ1n) is 8.60. The topological polar surface area (TPSA) is 69.7 Å². The number of benzene rings is 2. The van der Waals surface area contributed by atoms with E-state index in [2.05, 4.69) is 21.2 Å². The molecule has 1 atom stereocenters. The van der Waals surface area contributed by atoms with E-state index in [-0.39, 0.29) is 6.54 Å². The molecule has 6 nitrogen and oxygen atoms in total. The Bertz CT molecular complexity index is 952. The standard InChI is InChI=1S/C20H19BrFN3O3/c1-20(14-8-4-5-9-15(14)21)18(27)25(19(28)23-20)12-17(26)24(2)11-13-7-3-6-10-16(13)22/h3-10H,11-12H2,1-2H3,(H,23,28). The number of amides is 4. The highest BCUT2D eigenvalue weighted by molar-refractivity contribution is 9.10. The van der Waals surface area contributed by atoms with Gasteiger partial charge in [0.25, 0.3) is 5.91 Å². The second kappa shape index (κ2) is 7.71. The Morgan fingerprint density at radius 2 is 1.82 bits per heavy atom. The van der Waals surface area contributed by atoms with Crippen LogP contribution in [0.5, 0.6) is 0 Å². The van der Waals surface area contributed by atoms with E-state index in [0.717, 1.165) is 4.90 Å². The van der Waals surface area contributed by atoms with Gasteiger partial charge in [-0.1, -0.05) is 52.3 Å². The molecule has 1 unspecified atom stereocenters. The number of carbonyl (C=O) groups is 3. The van der Waals surface area contributed by atoms with Gasteiger partial charge in [0.1, 0.15) is 17.9 Å². The lowest BCUT2D eigenvalue weighted by atomic mass is 9.92. The first-order valence-corrected chi connectivity index (χ1v) is 9.40. The molecule has 0 aromatic heterocycles. The Hall–Kier alpha value is -2.74. The Labute approximate surface area is 170 Å². The van der Waals surface area contributed by atoms with Crippen LogP contribution in [0.2, 0.25) is 0 Å². The lowest BCUT2D eigenvalue weighted by Crippen LogP contribution is -2.43. The van der Waals surface area contributed by atoms with Crippen LogP contribution in [0, 0.1) is 5.82 Å². The molecule has 2 aromatic carbocycles. The molecule has 1 aliphatic heterocycles. The third-order valence-electron chi connectivity index (χ3n) is 4.77. The normalized spacial score (nSPS) is 18.9. The zero-order valence-corrected chi connectivity index (χ0v) is 17.0. The number of likely N-dealkylation sites (N-methyl/N-ethyl adjacent to an activating group) is 1. The quantitative estimate of drug-likeness (QED) is 0.716. The molecule has 8 heteroatoms. The van der Waals surface area contributed by atoms with Gasteiger partial charge in [-0.2, -0.15) is 0 Å². The van der Waals surface area contributed by atoms with Crippen molar-refractivity contribution in [2.24, 2.45) is 0 Å².